The van der Waals surface area contributed by atoms with Gasteiger partial charge < -0.3 is 4.90 Å². The molecule has 3 aromatic rings. The molecule has 1 amide bonds. The van der Waals surface area contributed by atoms with Crippen molar-refractivity contribution in [3.63, 3.8) is 0 Å². The molecule has 0 aliphatic rings. The number of nitrogens with zero attached hydrogens (tertiary/aromatic N) is 3. The fraction of sp³-hybridized carbons (Fsp3) is 0.333. The van der Waals surface area contributed by atoms with E-state index in [0.717, 1.165) is 34.3 Å². The predicted molar refractivity (Wildman–Crippen MR) is 110 cm³/mol. The Balaban J connectivity index is 2.00. The lowest BCUT2D eigenvalue weighted by Crippen LogP contribution is -2.34. The van der Waals surface area contributed by atoms with E-state index in [0.29, 0.717) is 11.7 Å². The van der Waals surface area contributed by atoms with Gasteiger partial charge in [0.1, 0.15) is 5.82 Å². The lowest BCUT2D eigenvalue weighted by molar-refractivity contribution is 0.0982. The first-order valence-corrected chi connectivity index (χ1v) is 9.77. The molecule has 0 fully saturated rings. The zero-order valence-electron chi connectivity index (χ0n) is 16.1. The van der Waals surface area contributed by atoms with Crippen LogP contribution in [0.15, 0.2) is 36.4 Å². The molecule has 0 saturated heterocycles. The highest BCUT2D eigenvalue weighted by atomic mass is 32.1. The molecule has 4 nitrogen and oxygen atoms in total. The fourth-order valence-corrected chi connectivity index (χ4v) is 4.13. The minimum atomic E-state index is -0.506. The Labute approximate surface area is 163 Å². The van der Waals surface area contributed by atoms with Crippen molar-refractivity contribution < 1.29 is 9.18 Å². The van der Waals surface area contributed by atoms with Gasteiger partial charge in [-0.1, -0.05) is 29.5 Å². The minimum absolute atomic E-state index is 0.0783. The van der Waals surface area contributed by atoms with E-state index in [1.807, 2.05) is 34.0 Å². The summed E-state index contributed by atoms with van der Waals surface area (Å²) in [7, 11) is 3.99. The lowest BCUT2D eigenvalue weighted by atomic mass is 10.1. The molecule has 0 aliphatic heterocycles. The zero-order valence-corrected chi connectivity index (χ0v) is 16.9. The molecular weight excluding hydrogens is 361 g/mol. The fourth-order valence-electron chi connectivity index (χ4n) is 3.09. The summed E-state index contributed by atoms with van der Waals surface area (Å²) in [5, 5.41) is 0.616. The van der Waals surface area contributed by atoms with Gasteiger partial charge in [0, 0.05) is 6.54 Å². The largest absolute Gasteiger partial charge is 0.309 e. The third-order valence-electron chi connectivity index (χ3n) is 4.38. The van der Waals surface area contributed by atoms with Gasteiger partial charge in [-0.3, -0.25) is 9.69 Å². The average Bonchev–Trinajstić information content (AvgIpc) is 3.02. The Morgan fingerprint density at radius 3 is 2.59 bits per heavy atom. The number of fused-ring (bicyclic) bond motifs is 1. The van der Waals surface area contributed by atoms with Crippen LogP contribution in [0.1, 0.15) is 27.9 Å². The third kappa shape index (κ3) is 4.34. The maximum absolute atomic E-state index is 14.2. The summed E-state index contributed by atoms with van der Waals surface area (Å²) in [4.78, 5) is 21.5. The van der Waals surface area contributed by atoms with Gasteiger partial charge >= 0.3 is 0 Å². The van der Waals surface area contributed by atoms with Crippen molar-refractivity contribution >= 4 is 32.6 Å². The van der Waals surface area contributed by atoms with Crippen molar-refractivity contribution in [2.24, 2.45) is 0 Å². The number of hydrogen-bond donors (Lipinski definition) is 0. The van der Waals surface area contributed by atoms with E-state index >= 15 is 0 Å². The summed E-state index contributed by atoms with van der Waals surface area (Å²) in [6.07, 6.45) is 0.779. The van der Waals surface area contributed by atoms with Crippen LogP contribution in [0.4, 0.5) is 9.52 Å². The average molecular weight is 386 g/mol. The Morgan fingerprint density at radius 2 is 1.89 bits per heavy atom. The molecule has 1 heterocycles. The second kappa shape index (κ2) is 8.15. The van der Waals surface area contributed by atoms with Crippen LogP contribution in [0.25, 0.3) is 10.2 Å². The number of rotatable bonds is 6. The van der Waals surface area contributed by atoms with E-state index in [9.17, 15) is 9.18 Å². The Bertz CT molecular complexity index is 967. The van der Waals surface area contributed by atoms with Gasteiger partial charge in [0.05, 0.1) is 15.8 Å². The maximum atomic E-state index is 14.2. The van der Waals surface area contributed by atoms with Crippen LogP contribution in [0.3, 0.4) is 0 Å². The van der Waals surface area contributed by atoms with Crippen molar-refractivity contribution in [1.29, 1.82) is 0 Å². The molecule has 0 spiro atoms. The Kier molecular flexibility index (Phi) is 5.87. The summed E-state index contributed by atoms with van der Waals surface area (Å²) in [5.74, 6) is -0.853. The molecule has 6 heteroatoms. The SMILES string of the molecule is Cc1cc(C)c2sc(N(CCCN(C)C)C(=O)c3ccccc3F)nc2c1. The quantitative estimate of drug-likeness (QED) is 0.620. The third-order valence-corrected chi connectivity index (χ3v) is 5.61. The topological polar surface area (TPSA) is 36.4 Å². The van der Waals surface area contributed by atoms with E-state index in [-0.39, 0.29) is 11.5 Å². The zero-order chi connectivity index (χ0) is 19.6. The molecule has 1 aromatic heterocycles. The summed E-state index contributed by atoms with van der Waals surface area (Å²) < 4.78 is 15.3. The van der Waals surface area contributed by atoms with Gasteiger partial charge in [-0.2, -0.15) is 0 Å². The van der Waals surface area contributed by atoms with Crippen LogP contribution in [0, 0.1) is 19.7 Å². The second-order valence-corrected chi connectivity index (χ2v) is 8.00. The van der Waals surface area contributed by atoms with E-state index < -0.39 is 5.82 Å². The number of halogens is 1. The highest BCUT2D eigenvalue weighted by Crippen LogP contribution is 2.33. The molecule has 0 bridgehead atoms. The molecule has 0 saturated carbocycles. The molecule has 3 rings (SSSR count). The van der Waals surface area contributed by atoms with Crippen molar-refractivity contribution in [2.75, 3.05) is 32.1 Å². The summed E-state index contributed by atoms with van der Waals surface area (Å²) in [5.41, 5.74) is 3.23. The number of hydrogen-bond acceptors (Lipinski definition) is 4. The molecule has 2 aromatic carbocycles. The molecule has 142 valence electrons. The van der Waals surface area contributed by atoms with Crippen molar-refractivity contribution in [3.05, 3.63) is 58.9 Å². The molecule has 0 unspecified atom stereocenters. The molecule has 0 N–H and O–H groups in total. The van der Waals surface area contributed by atoms with E-state index in [1.165, 1.54) is 23.5 Å². The van der Waals surface area contributed by atoms with Gasteiger partial charge in [0.25, 0.3) is 5.91 Å². The molecule has 0 radical (unpaired) electrons. The molecular formula is C21H24FN3OS. The maximum Gasteiger partial charge on any atom is 0.263 e. The van der Waals surface area contributed by atoms with Crippen LogP contribution < -0.4 is 4.90 Å². The normalized spacial score (nSPS) is 11.3. The minimum Gasteiger partial charge on any atom is -0.309 e. The molecule has 0 aliphatic carbocycles. The number of carbonyl (C=O) groups is 1. The van der Waals surface area contributed by atoms with Crippen molar-refractivity contribution in [2.45, 2.75) is 20.3 Å². The molecule has 27 heavy (non-hydrogen) atoms. The van der Waals surface area contributed by atoms with E-state index in [2.05, 4.69) is 11.0 Å². The first kappa shape index (κ1) is 19.5. The van der Waals surface area contributed by atoms with Gasteiger partial charge in [0.2, 0.25) is 0 Å². The number of aromatic nitrogens is 1. The monoisotopic (exact) mass is 385 g/mol. The number of anilines is 1. The summed E-state index contributed by atoms with van der Waals surface area (Å²) in [6.45, 7) is 5.41. The Hall–Kier alpha value is -2.31. The highest BCUT2D eigenvalue weighted by Gasteiger charge is 2.23. The van der Waals surface area contributed by atoms with Crippen LogP contribution in [-0.4, -0.2) is 43.0 Å². The molecule has 0 atom stereocenters. The van der Waals surface area contributed by atoms with Crippen LogP contribution in [0.2, 0.25) is 0 Å². The van der Waals surface area contributed by atoms with Gasteiger partial charge in [0.15, 0.2) is 5.13 Å². The first-order chi connectivity index (χ1) is 12.9. The summed E-state index contributed by atoms with van der Waals surface area (Å²) >= 11 is 1.49. The van der Waals surface area contributed by atoms with Crippen molar-refractivity contribution in [3.8, 4) is 0 Å². The number of benzene rings is 2. The summed E-state index contributed by atoms with van der Waals surface area (Å²) in [6, 6.07) is 10.2. The second-order valence-electron chi connectivity index (χ2n) is 7.02. The van der Waals surface area contributed by atoms with E-state index in [4.69, 9.17) is 4.98 Å². The Morgan fingerprint density at radius 1 is 1.15 bits per heavy atom. The smallest absolute Gasteiger partial charge is 0.263 e. The van der Waals surface area contributed by atoms with E-state index in [1.54, 1.807) is 17.0 Å². The number of thiazole rings is 1. The predicted octanol–water partition coefficient (Wildman–Crippen LogP) is 4.65. The van der Waals surface area contributed by atoms with Crippen LogP contribution in [0.5, 0.6) is 0 Å². The van der Waals surface area contributed by atoms with Gasteiger partial charge in [-0.25, -0.2) is 9.37 Å². The highest BCUT2D eigenvalue weighted by molar-refractivity contribution is 7.22. The van der Waals surface area contributed by atoms with Gasteiger partial charge in [-0.15, -0.1) is 0 Å². The van der Waals surface area contributed by atoms with Gasteiger partial charge in [-0.05, 0) is 70.2 Å². The van der Waals surface area contributed by atoms with Crippen LogP contribution >= 0.6 is 11.3 Å². The number of amides is 1. The number of aryl methyl sites for hydroxylation is 2. The number of carbonyl (C=O) groups excluding carboxylic acids is 1. The lowest BCUT2D eigenvalue weighted by Gasteiger charge is -2.21. The standard InChI is InChI=1S/C21H24FN3OS/c1-14-12-15(2)19-18(13-14)23-21(27-19)25(11-7-10-24(3)4)20(26)16-8-5-6-9-17(16)22/h5-6,8-9,12-13H,7,10-11H2,1-4H3. The van der Waals surface area contributed by atoms with Crippen LogP contribution in [-0.2, 0) is 0 Å². The van der Waals surface area contributed by atoms with Crippen molar-refractivity contribution in [1.82, 2.24) is 9.88 Å². The first-order valence-electron chi connectivity index (χ1n) is 8.95.